The van der Waals surface area contributed by atoms with Crippen LogP contribution in [0.5, 0.6) is 0 Å². The van der Waals surface area contributed by atoms with Crippen molar-refractivity contribution in [1.29, 1.82) is 0 Å². The van der Waals surface area contributed by atoms with Gasteiger partial charge in [0.1, 0.15) is 6.54 Å². The van der Waals surface area contributed by atoms with Gasteiger partial charge in [0, 0.05) is 12.1 Å². The summed E-state index contributed by atoms with van der Waals surface area (Å²) in [7, 11) is 0. The number of aromatic nitrogens is 1. The Morgan fingerprint density at radius 3 is 2.30 bits per heavy atom. The molecule has 1 amide bonds. The second-order valence-electron chi connectivity index (χ2n) is 7.97. The highest BCUT2D eigenvalue weighted by Crippen LogP contribution is 2.24. The summed E-state index contributed by atoms with van der Waals surface area (Å²) >= 11 is 0. The maximum absolute atomic E-state index is 12.7. The maximum atomic E-state index is 12.7. The number of carbonyl (C=O) groups excluding carboxylic acids is 1. The highest BCUT2D eigenvalue weighted by atomic mass is 16.6. The Morgan fingerprint density at radius 1 is 1.10 bits per heavy atom. The molecule has 30 heavy (non-hydrogen) atoms. The van der Waals surface area contributed by atoms with Crippen LogP contribution in [0.2, 0.25) is 0 Å². The van der Waals surface area contributed by atoms with E-state index in [1.807, 2.05) is 26.0 Å². The number of carbonyl (C=O) groups is 1. The van der Waals surface area contributed by atoms with Crippen LogP contribution in [0.3, 0.4) is 0 Å². The van der Waals surface area contributed by atoms with E-state index in [1.165, 1.54) is 23.8 Å². The third-order valence-electron chi connectivity index (χ3n) is 5.11. The molecule has 158 valence electrons. The van der Waals surface area contributed by atoms with Crippen LogP contribution >= 0.6 is 0 Å². The lowest BCUT2D eigenvalue weighted by molar-refractivity contribution is -0.384. The van der Waals surface area contributed by atoms with Crippen molar-refractivity contribution in [2.24, 2.45) is 5.92 Å². The fourth-order valence-electron chi connectivity index (χ4n) is 3.40. The summed E-state index contributed by atoms with van der Waals surface area (Å²) in [4.78, 5) is 35.4. The van der Waals surface area contributed by atoms with Crippen LogP contribution in [0.1, 0.15) is 50.8 Å². The molecule has 0 radical (unpaired) electrons. The molecule has 8 nitrogen and oxygen atoms in total. The first-order valence-electron chi connectivity index (χ1n) is 9.84. The highest BCUT2D eigenvalue weighted by molar-refractivity contribution is 5.81. The summed E-state index contributed by atoms with van der Waals surface area (Å²) in [6.45, 7) is 7.95. The lowest BCUT2D eigenvalue weighted by Gasteiger charge is -2.23. The zero-order chi connectivity index (χ0) is 22.0. The zero-order valence-electron chi connectivity index (χ0n) is 17.4. The molecule has 8 heteroatoms. The largest absolute Gasteiger partial charge is 0.420 e. The predicted octanol–water partition coefficient (Wildman–Crippen LogP) is 4.14. The second-order valence-corrected chi connectivity index (χ2v) is 7.97. The fraction of sp³-hybridized carbons (Fsp3) is 0.364. The van der Waals surface area contributed by atoms with Crippen LogP contribution in [-0.2, 0) is 11.3 Å². The van der Waals surface area contributed by atoms with E-state index in [2.05, 4.69) is 31.3 Å². The predicted molar refractivity (Wildman–Crippen MR) is 113 cm³/mol. The van der Waals surface area contributed by atoms with Crippen LogP contribution in [0.25, 0.3) is 11.1 Å². The minimum absolute atomic E-state index is 0.123. The van der Waals surface area contributed by atoms with Gasteiger partial charge in [-0.15, -0.1) is 0 Å². The van der Waals surface area contributed by atoms with Gasteiger partial charge in [0.25, 0.3) is 5.69 Å². The zero-order valence-corrected chi connectivity index (χ0v) is 17.4. The molecule has 3 rings (SSSR count). The van der Waals surface area contributed by atoms with Crippen molar-refractivity contribution in [3.8, 4) is 0 Å². The number of benzene rings is 2. The van der Waals surface area contributed by atoms with Crippen molar-refractivity contribution in [3.05, 3.63) is 74.3 Å². The minimum atomic E-state index is -0.733. The van der Waals surface area contributed by atoms with E-state index >= 15 is 0 Å². The average molecular weight is 411 g/mol. The van der Waals surface area contributed by atoms with Gasteiger partial charge >= 0.3 is 5.76 Å². The molecule has 1 atom stereocenters. The summed E-state index contributed by atoms with van der Waals surface area (Å²) in [6, 6.07) is 11.7. The van der Waals surface area contributed by atoms with Gasteiger partial charge in [-0.05, 0) is 29.0 Å². The molecule has 1 aromatic heterocycles. The summed E-state index contributed by atoms with van der Waals surface area (Å²) in [5.74, 6) is -0.574. The summed E-state index contributed by atoms with van der Waals surface area (Å²) in [5, 5.41) is 14.0. The molecule has 0 bridgehead atoms. The van der Waals surface area contributed by atoms with Gasteiger partial charge in [0.15, 0.2) is 5.58 Å². The first-order chi connectivity index (χ1) is 14.2. The summed E-state index contributed by atoms with van der Waals surface area (Å²) in [5.41, 5.74) is 2.42. The third-order valence-corrected chi connectivity index (χ3v) is 5.11. The maximum Gasteiger partial charge on any atom is 0.420 e. The number of hydrogen-bond acceptors (Lipinski definition) is 5. The molecular weight excluding hydrogens is 386 g/mol. The fourth-order valence-corrected chi connectivity index (χ4v) is 3.40. The standard InChI is InChI=1S/C22H25N3O5/c1-13(2)15-5-7-16(8-6-15)21(14(3)4)23-20(26)12-24-18-11-17(25(28)29)9-10-19(18)30-22(24)27/h5-11,13-14,21H,12H2,1-4H3,(H,23,26)/t21-/m0/s1. The molecule has 0 aliphatic rings. The van der Waals surface area contributed by atoms with E-state index < -0.39 is 10.7 Å². The van der Waals surface area contributed by atoms with Crippen molar-refractivity contribution in [3.63, 3.8) is 0 Å². The van der Waals surface area contributed by atoms with Crippen LogP contribution < -0.4 is 11.1 Å². The van der Waals surface area contributed by atoms with E-state index in [1.54, 1.807) is 0 Å². The Morgan fingerprint density at radius 2 is 1.73 bits per heavy atom. The Balaban J connectivity index is 1.84. The number of nitro benzene ring substituents is 1. The quantitative estimate of drug-likeness (QED) is 0.464. The van der Waals surface area contributed by atoms with E-state index in [0.29, 0.717) is 5.92 Å². The van der Waals surface area contributed by atoms with Crippen LogP contribution in [0, 0.1) is 16.0 Å². The van der Waals surface area contributed by atoms with Gasteiger partial charge in [-0.1, -0.05) is 52.0 Å². The molecule has 0 saturated heterocycles. The number of nitrogens with one attached hydrogen (secondary N) is 1. The van der Waals surface area contributed by atoms with Crippen molar-refractivity contribution < 1.29 is 14.1 Å². The molecular formula is C22H25N3O5. The third kappa shape index (κ3) is 4.42. The minimum Gasteiger partial charge on any atom is -0.408 e. The lowest BCUT2D eigenvalue weighted by atomic mass is 9.93. The van der Waals surface area contributed by atoms with E-state index in [0.717, 1.165) is 10.1 Å². The first kappa shape index (κ1) is 21.3. The average Bonchev–Trinajstić information content (AvgIpc) is 3.00. The lowest BCUT2D eigenvalue weighted by Crippen LogP contribution is -2.35. The smallest absolute Gasteiger partial charge is 0.408 e. The van der Waals surface area contributed by atoms with Gasteiger partial charge in [-0.2, -0.15) is 0 Å². The van der Waals surface area contributed by atoms with E-state index in [9.17, 15) is 19.7 Å². The topological polar surface area (TPSA) is 107 Å². The number of nitro groups is 1. The molecule has 0 spiro atoms. The number of amides is 1. The van der Waals surface area contributed by atoms with Gasteiger partial charge in [-0.25, -0.2) is 4.79 Å². The Bertz CT molecular complexity index is 1130. The van der Waals surface area contributed by atoms with Gasteiger partial charge in [-0.3, -0.25) is 19.5 Å². The Labute approximate surface area is 173 Å². The molecule has 0 unspecified atom stereocenters. The second kappa shape index (κ2) is 8.52. The highest BCUT2D eigenvalue weighted by Gasteiger charge is 2.21. The molecule has 2 aromatic carbocycles. The molecule has 3 aromatic rings. The van der Waals surface area contributed by atoms with Crippen LogP contribution in [-0.4, -0.2) is 15.4 Å². The molecule has 0 aliphatic heterocycles. The molecule has 1 heterocycles. The van der Waals surface area contributed by atoms with Crippen LogP contribution in [0.15, 0.2) is 51.7 Å². The van der Waals surface area contributed by atoms with Gasteiger partial charge < -0.3 is 9.73 Å². The Hall–Kier alpha value is -3.42. The molecule has 0 aliphatic carbocycles. The Kier molecular flexibility index (Phi) is 6.05. The SMILES string of the molecule is CC(C)c1ccc([C@@H](NC(=O)Cn2c(=O)oc3ccc([N+](=O)[O-])cc32)C(C)C)cc1. The van der Waals surface area contributed by atoms with E-state index in [-0.39, 0.29) is 41.2 Å². The normalized spacial score (nSPS) is 12.5. The van der Waals surface area contributed by atoms with Crippen molar-refractivity contribution in [2.45, 2.75) is 46.2 Å². The van der Waals surface area contributed by atoms with Crippen LogP contribution in [0.4, 0.5) is 5.69 Å². The van der Waals surface area contributed by atoms with Crippen molar-refractivity contribution >= 4 is 22.7 Å². The number of rotatable bonds is 7. The number of fused-ring (bicyclic) bond motifs is 1. The number of non-ortho nitro benzene ring substituents is 1. The van der Waals surface area contributed by atoms with Gasteiger partial charge in [0.05, 0.1) is 16.5 Å². The molecule has 0 fully saturated rings. The van der Waals surface area contributed by atoms with E-state index in [4.69, 9.17) is 4.42 Å². The first-order valence-corrected chi connectivity index (χ1v) is 9.84. The summed E-state index contributed by atoms with van der Waals surface area (Å²) < 4.78 is 6.22. The summed E-state index contributed by atoms with van der Waals surface area (Å²) in [6.07, 6.45) is 0. The number of nitrogens with zero attached hydrogens (tertiary/aromatic N) is 2. The number of oxazole rings is 1. The number of hydrogen-bond donors (Lipinski definition) is 1. The van der Waals surface area contributed by atoms with Gasteiger partial charge in [0.2, 0.25) is 5.91 Å². The molecule has 1 N–H and O–H groups in total. The van der Waals surface area contributed by atoms with Crippen molar-refractivity contribution in [2.75, 3.05) is 0 Å². The molecule has 0 saturated carbocycles. The monoisotopic (exact) mass is 411 g/mol. The van der Waals surface area contributed by atoms with Crippen molar-refractivity contribution in [1.82, 2.24) is 9.88 Å².